The number of nitrogens with two attached hydrogens (primary N) is 1. The lowest BCUT2D eigenvalue weighted by molar-refractivity contribution is -0.139. The number of benzene rings is 1. The van der Waals surface area contributed by atoms with Gasteiger partial charge in [-0.05, 0) is 31.5 Å². The number of allylic oxidation sites excluding steroid dienone is 2. The number of hydrogen-bond acceptors (Lipinski definition) is 6. The third kappa shape index (κ3) is 3.57. The van der Waals surface area contributed by atoms with E-state index >= 15 is 0 Å². The Bertz CT molecular complexity index is 806. The molecule has 1 heterocycles. The number of ether oxygens (including phenoxy) is 2. The van der Waals surface area contributed by atoms with Gasteiger partial charge in [0.1, 0.15) is 17.4 Å². The van der Waals surface area contributed by atoms with Crippen LogP contribution in [0.25, 0.3) is 0 Å². The number of anilines is 1. The van der Waals surface area contributed by atoms with Crippen molar-refractivity contribution in [3.63, 3.8) is 0 Å². The van der Waals surface area contributed by atoms with Crippen molar-refractivity contribution in [2.24, 2.45) is 5.73 Å². The van der Waals surface area contributed by atoms with Crippen LogP contribution in [0, 0.1) is 11.3 Å². The van der Waals surface area contributed by atoms with E-state index in [4.69, 9.17) is 26.8 Å². The molecule has 132 valence electrons. The highest BCUT2D eigenvalue weighted by atomic mass is 35.5. The van der Waals surface area contributed by atoms with E-state index in [0.717, 1.165) is 5.69 Å². The van der Waals surface area contributed by atoms with E-state index in [-0.39, 0.29) is 23.6 Å². The van der Waals surface area contributed by atoms with Crippen LogP contribution in [0.4, 0.5) is 5.69 Å². The molecule has 2 N–H and O–H groups in total. The van der Waals surface area contributed by atoms with Crippen molar-refractivity contribution in [1.29, 1.82) is 5.26 Å². The van der Waals surface area contributed by atoms with Crippen LogP contribution in [0.2, 0.25) is 5.02 Å². The van der Waals surface area contributed by atoms with E-state index in [0.29, 0.717) is 16.3 Å². The lowest BCUT2D eigenvalue weighted by atomic mass is 9.83. The molecule has 1 aliphatic rings. The van der Waals surface area contributed by atoms with Crippen molar-refractivity contribution >= 4 is 23.3 Å². The van der Waals surface area contributed by atoms with Gasteiger partial charge in [0.25, 0.3) is 0 Å². The van der Waals surface area contributed by atoms with Gasteiger partial charge in [0.05, 0.1) is 18.1 Å². The van der Waals surface area contributed by atoms with Crippen LogP contribution in [0.5, 0.6) is 0 Å². The van der Waals surface area contributed by atoms with Gasteiger partial charge in [-0.25, -0.2) is 4.79 Å². The van der Waals surface area contributed by atoms with Gasteiger partial charge >= 0.3 is 5.97 Å². The van der Waals surface area contributed by atoms with Crippen molar-refractivity contribution in [3.05, 3.63) is 51.6 Å². The van der Waals surface area contributed by atoms with Crippen molar-refractivity contribution < 1.29 is 14.3 Å². The maximum Gasteiger partial charge on any atom is 0.338 e. The Kier molecular flexibility index (Phi) is 5.60. The average molecular weight is 362 g/mol. The number of halogens is 1. The SMILES string of the molecule is CCOC(=O)C1=C(C)OC(N)=C(C#N)C1c1ccc(N(C)C)cc1Cl. The Hall–Kier alpha value is -2.65. The van der Waals surface area contributed by atoms with E-state index in [1.807, 2.05) is 31.1 Å². The molecule has 0 bridgehead atoms. The van der Waals surface area contributed by atoms with Crippen LogP contribution >= 0.6 is 11.6 Å². The molecular weight excluding hydrogens is 342 g/mol. The molecule has 1 aliphatic heterocycles. The summed E-state index contributed by atoms with van der Waals surface area (Å²) in [6.45, 7) is 3.53. The fraction of sp³-hybridized carbons (Fsp3) is 0.333. The van der Waals surface area contributed by atoms with Crippen molar-refractivity contribution in [3.8, 4) is 6.07 Å². The summed E-state index contributed by atoms with van der Waals surface area (Å²) in [5, 5.41) is 9.97. The summed E-state index contributed by atoms with van der Waals surface area (Å²) in [5.41, 5.74) is 7.72. The predicted octanol–water partition coefficient (Wildman–Crippen LogP) is 3.05. The number of nitriles is 1. The van der Waals surface area contributed by atoms with E-state index in [2.05, 4.69) is 0 Å². The summed E-state index contributed by atoms with van der Waals surface area (Å²) < 4.78 is 10.5. The third-order valence-electron chi connectivity index (χ3n) is 3.91. The monoisotopic (exact) mass is 361 g/mol. The van der Waals surface area contributed by atoms with Crippen molar-refractivity contribution in [1.82, 2.24) is 0 Å². The first-order chi connectivity index (χ1) is 11.8. The highest BCUT2D eigenvalue weighted by Gasteiger charge is 2.37. The predicted molar refractivity (Wildman–Crippen MR) is 95.8 cm³/mol. The summed E-state index contributed by atoms with van der Waals surface area (Å²) in [6.07, 6.45) is 0. The molecule has 0 saturated heterocycles. The van der Waals surface area contributed by atoms with Gasteiger partial charge in [0.2, 0.25) is 5.88 Å². The molecule has 0 aliphatic carbocycles. The van der Waals surface area contributed by atoms with E-state index in [9.17, 15) is 10.1 Å². The molecule has 1 atom stereocenters. The van der Waals surface area contributed by atoms with Gasteiger partial charge in [0.15, 0.2) is 0 Å². The first kappa shape index (κ1) is 18.7. The highest BCUT2D eigenvalue weighted by Crippen LogP contribution is 2.42. The van der Waals surface area contributed by atoms with E-state index in [1.54, 1.807) is 26.0 Å². The van der Waals surface area contributed by atoms with Gasteiger partial charge < -0.3 is 20.1 Å². The molecule has 7 heteroatoms. The summed E-state index contributed by atoms with van der Waals surface area (Å²) in [6, 6.07) is 7.45. The molecule has 0 aromatic heterocycles. The number of esters is 1. The molecular formula is C18H20ClN3O3. The quantitative estimate of drug-likeness (QED) is 0.829. The molecule has 1 unspecified atom stereocenters. The van der Waals surface area contributed by atoms with Crippen LogP contribution < -0.4 is 10.6 Å². The maximum atomic E-state index is 12.5. The minimum absolute atomic E-state index is 0.0363. The Morgan fingerprint density at radius 3 is 2.68 bits per heavy atom. The Balaban J connectivity index is 2.65. The molecule has 1 aromatic rings. The molecule has 0 radical (unpaired) electrons. The van der Waals surface area contributed by atoms with Crippen molar-refractivity contribution in [2.75, 3.05) is 25.6 Å². The topological polar surface area (TPSA) is 88.6 Å². The molecule has 0 fully saturated rings. The van der Waals surface area contributed by atoms with E-state index < -0.39 is 11.9 Å². The zero-order chi connectivity index (χ0) is 18.7. The Morgan fingerprint density at radius 2 is 2.16 bits per heavy atom. The molecule has 0 saturated carbocycles. The normalized spacial score (nSPS) is 17.0. The van der Waals surface area contributed by atoms with Crippen LogP contribution in [0.15, 0.2) is 41.0 Å². The first-order valence-electron chi connectivity index (χ1n) is 7.74. The molecule has 2 rings (SSSR count). The molecule has 1 aromatic carbocycles. The van der Waals surface area contributed by atoms with Gasteiger partial charge in [-0.2, -0.15) is 5.26 Å². The largest absolute Gasteiger partial charge is 0.463 e. The van der Waals surface area contributed by atoms with Crippen LogP contribution in [-0.2, 0) is 14.3 Å². The average Bonchev–Trinajstić information content (AvgIpc) is 2.54. The summed E-state index contributed by atoms with van der Waals surface area (Å²) in [5.74, 6) is -1.03. The molecule has 0 amide bonds. The Morgan fingerprint density at radius 1 is 1.48 bits per heavy atom. The first-order valence-corrected chi connectivity index (χ1v) is 8.11. The minimum Gasteiger partial charge on any atom is -0.463 e. The standard InChI is InChI=1S/C18H20ClN3O3/c1-5-24-18(23)15-10(2)25-17(21)13(9-20)16(15)12-7-6-11(22(3)4)8-14(12)19/h6-8,16H,5,21H2,1-4H3. The van der Waals surface area contributed by atoms with Gasteiger partial charge in [0, 0.05) is 24.8 Å². The number of rotatable bonds is 4. The zero-order valence-corrected chi connectivity index (χ0v) is 15.3. The van der Waals surface area contributed by atoms with Crippen molar-refractivity contribution in [2.45, 2.75) is 19.8 Å². The highest BCUT2D eigenvalue weighted by molar-refractivity contribution is 6.31. The van der Waals surface area contributed by atoms with Crippen LogP contribution in [0.1, 0.15) is 25.3 Å². The summed E-state index contributed by atoms with van der Waals surface area (Å²) in [4.78, 5) is 14.4. The lowest BCUT2D eigenvalue weighted by Gasteiger charge is -2.27. The maximum absolute atomic E-state index is 12.5. The van der Waals surface area contributed by atoms with Gasteiger partial charge in [-0.1, -0.05) is 17.7 Å². The second-order valence-electron chi connectivity index (χ2n) is 5.72. The molecule has 6 nitrogen and oxygen atoms in total. The number of carbonyl (C=O) groups is 1. The molecule has 0 spiro atoms. The van der Waals surface area contributed by atoms with Crippen LogP contribution in [0.3, 0.4) is 0 Å². The lowest BCUT2D eigenvalue weighted by Crippen LogP contribution is -2.25. The Labute approximate surface area is 152 Å². The van der Waals surface area contributed by atoms with Gasteiger partial charge in [-0.15, -0.1) is 0 Å². The third-order valence-corrected chi connectivity index (χ3v) is 4.24. The smallest absolute Gasteiger partial charge is 0.338 e. The fourth-order valence-corrected chi connectivity index (χ4v) is 2.98. The van der Waals surface area contributed by atoms with Crippen LogP contribution in [-0.4, -0.2) is 26.7 Å². The molecule has 25 heavy (non-hydrogen) atoms. The second kappa shape index (κ2) is 7.49. The van der Waals surface area contributed by atoms with E-state index in [1.165, 1.54) is 0 Å². The zero-order valence-electron chi connectivity index (χ0n) is 14.6. The minimum atomic E-state index is -0.735. The number of carbonyl (C=O) groups excluding carboxylic acids is 1. The van der Waals surface area contributed by atoms with Gasteiger partial charge in [-0.3, -0.25) is 0 Å². The number of hydrogen-bond donors (Lipinski definition) is 1. The second-order valence-corrected chi connectivity index (χ2v) is 6.12. The number of nitrogens with zero attached hydrogens (tertiary/aromatic N) is 2. The fourth-order valence-electron chi connectivity index (χ4n) is 2.69. The summed E-state index contributed by atoms with van der Waals surface area (Å²) in [7, 11) is 3.79. The summed E-state index contributed by atoms with van der Waals surface area (Å²) >= 11 is 6.46.